The number of hydrogen-bond acceptors (Lipinski definition) is 3. The lowest BCUT2D eigenvalue weighted by atomic mass is 10.1. The maximum absolute atomic E-state index is 11.9. The first kappa shape index (κ1) is 13.6. The van der Waals surface area contributed by atoms with Gasteiger partial charge in [0.15, 0.2) is 23.9 Å². The molecule has 0 heterocycles. The lowest BCUT2D eigenvalue weighted by Gasteiger charge is -2.09. The molecule has 0 N–H and O–H groups in total. The molecule has 0 saturated heterocycles. The normalized spacial score (nSPS) is 10.0. The van der Waals surface area contributed by atoms with Crippen molar-refractivity contribution in [2.24, 2.45) is 0 Å². The van der Waals surface area contributed by atoms with Gasteiger partial charge in [-0.05, 0) is 24.3 Å². The molecule has 0 aliphatic rings. The van der Waals surface area contributed by atoms with Gasteiger partial charge < -0.3 is 9.47 Å². The lowest BCUT2D eigenvalue weighted by molar-refractivity contribution is 0.0919. The van der Waals surface area contributed by atoms with Crippen molar-refractivity contribution in [3.63, 3.8) is 0 Å². The van der Waals surface area contributed by atoms with E-state index in [2.05, 4.69) is 15.9 Å². The van der Waals surface area contributed by atoms with E-state index >= 15 is 0 Å². The minimum absolute atomic E-state index is 0.0119. The Morgan fingerprint density at radius 3 is 2.32 bits per heavy atom. The minimum Gasteiger partial charge on any atom is -0.493 e. The maximum atomic E-state index is 11.9. The average Bonchev–Trinajstić information content (AvgIpc) is 2.45. The van der Waals surface area contributed by atoms with Gasteiger partial charge in [0.25, 0.3) is 0 Å². The fraction of sp³-hybridized carbons (Fsp3) is 0.133. The number of rotatable bonds is 5. The predicted octanol–water partition coefficient (Wildman–Crippen LogP) is 3.72. The molecule has 0 fully saturated rings. The molecule has 3 nitrogen and oxygen atoms in total. The molecule has 2 rings (SSSR count). The van der Waals surface area contributed by atoms with Crippen LogP contribution in [0.2, 0.25) is 0 Å². The molecule has 0 atom stereocenters. The van der Waals surface area contributed by atoms with Gasteiger partial charge in [-0.2, -0.15) is 0 Å². The summed E-state index contributed by atoms with van der Waals surface area (Å²) in [5, 5.41) is 0. The van der Waals surface area contributed by atoms with Gasteiger partial charge in [-0.25, -0.2) is 0 Å². The number of methoxy groups -OCH3 is 1. The topological polar surface area (TPSA) is 35.5 Å². The van der Waals surface area contributed by atoms with Gasteiger partial charge >= 0.3 is 0 Å². The van der Waals surface area contributed by atoms with E-state index in [1.54, 1.807) is 31.4 Å². The molecule has 2 aromatic rings. The number of carbonyl (C=O) groups is 1. The van der Waals surface area contributed by atoms with E-state index in [4.69, 9.17) is 9.47 Å². The van der Waals surface area contributed by atoms with Crippen molar-refractivity contribution in [2.45, 2.75) is 0 Å². The fourth-order valence-corrected chi connectivity index (χ4v) is 1.86. The smallest absolute Gasteiger partial charge is 0.200 e. The van der Waals surface area contributed by atoms with Crippen molar-refractivity contribution in [3.8, 4) is 11.5 Å². The van der Waals surface area contributed by atoms with Crippen LogP contribution in [0.5, 0.6) is 11.5 Å². The second-order valence-electron chi connectivity index (χ2n) is 3.87. The molecular weight excluding hydrogens is 308 g/mol. The Morgan fingerprint density at radius 2 is 1.68 bits per heavy atom. The van der Waals surface area contributed by atoms with Gasteiger partial charge in [0.05, 0.1) is 7.11 Å². The quantitative estimate of drug-likeness (QED) is 0.788. The number of halogens is 1. The first-order valence-corrected chi connectivity index (χ1v) is 6.54. The van der Waals surface area contributed by atoms with Crippen molar-refractivity contribution < 1.29 is 14.3 Å². The van der Waals surface area contributed by atoms with Crippen molar-refractivity contribution in [1.82, 2.24) is 0 Å². The van der Waals surface area contributed by atoms with Crippen LogP contribution in [0.4, 0.5) is 0 Å². The van der Waals surface area contributed by atoms with Gasteiger partial charge in [0.1, 0.15) is 0 Å². The van der Waals surface area contributed by atoms with Gasteiger partial charge in [-0.3, -0.25) is 4.79 Å². The van der Waals surface area contributed by atoms with E-state index in [1.807, 2.05) is 24.3 Å². The van der Waals surface area contributed by atoms with Crippen LogP contribution in [0.25, 0.3) is 0 Å². The summed E-state index contributed by atoms with van der Waals surface area (Å²) in [5.41, 5.74) is 0.623. The number of para-hydroxylation sites is 2. The Hall–Kier alpha value is -1.81. The van der Waals surface area contributed by atoms with Crippen LogP contribution in [-0.2, 0) is 0 Å². The van der Waals surface area contributed by atoms with Crippen LogP contribution in [0.3, 0.4) is 0 Å². The number of ether oxygens (including phenoxy) is 2. The summed E-state index contributed by atoms with van der Waals surface area (Å²) >= 11 is 3.33. The van der Waals surface area contributed by atoms with Crippen molar-refractivity contribution in [2.75, 3.05) is 13.7 Å². The molecule has 0 spiro atoms. The van der Waals surface area contributed by atoms with Crippen molar-refractivity contribution in [1.29, 1.82) is 0 Å². The molecule has 0 saturated carbocycles. The predicted molar refractivity (Wildman–Crippen MR) is 77.0 cm³/mol. The molecule has 0 unspecified atom stereocenters. The molecule has 98 valence electrons. The van der Waals surface area contributed by atoms with Crippen LogP contribution in [0, 0.1) is 0 Å². The Bertz CT molecular complexity index is 564. The summed E-state index contributed by atoms with van der Waals surface area (Å²) in [4.78, 5) is 11.9. The number of carbonyl (C=O) groups excluding carboxylic acids is 1. The summed E-state index contributed by atoms with van der Waals surface area (Å²) < 4.78 is 11.6. The Labute approximate surface area is 120 Å². The SMILES string of the molecule is COc1ccccc1OCC(=O)c1ccc(Br)cc1. The third-order valence-electron chi connectivity index (χ3n) is 2.59. The van der Waals surface area contributed by atoms with Crippen LogP contribution < -0.4 is 9.47 Å². The van der Waals surface area contributed by atoms with Gasteiger partial charge in [0.2, 0.25) is 0 Å². The van der Waals surface area contributed by atoms with Gasteiger partial charge in [-0.1, -0.05) is 40.2 Å². The molecule has 0 bridgehead atoms. The van der Waals surface area contributed by atoms with Gasteiger partial charge in [-0.15, -0.1) is 0 Å². The molecule has 19 heavy (non-hydrogen) atoms. The van der Waals surface area contributed by atoms with Crippen LogP contribution in [0.15, 0.2) is 53.0 Å². The van der Waals surface area contributed by atoms with Crippen LogP contribution >= 0.6 is 15.9 Å². The second kappa shape index (κ2) is 6.38. The number of hydrogen-bond donors (Lipinski definition) is 0. The summed E-state index contributed by atoms with van der Waals surface area (Å²) in [6.07, 6.45) is 0. The summed E-state index contributed by atoms with van der Waals surface area (Å²) in [7, 11) is 1.57. The third-order valence-corrected chi connectivity index (χ3v) is 3.12. The van der Waals surface area contributed by atoms with E-state index in [9.17, 15) is 4.79 Å². The molecule has 2 aromatic carbocycles. The zero-order chi connectivity index (χ0) is 13.7. The highest BCUT2D eigenvalue weighted by Gasteiger charge is 2.09. The standard InChI is InChI=1S/C15H13BrO3/c1-18-14-4-2-3-5-15(14)19-10-13(17)11-6-8-12(16)9-7-11/h2-9H,10H2,1H3. The zero-order valence-corrected chi connectivity index (χ0v) is 12.0. The Kier molecular flexibility index (Phi) is 4.58. The molecule has 0 aliphatic carbocycles. The molecule has 0 amide bonds. The Balaban J connectivity index is 2.02. The average molecular weight is 321 g/mol. The first-order chi connectivity index (χ1) is 9.20. The second-order valence-corrected chi connectivity index (χ2v) is 4.79. The van der Waals surface area contributed by atoms with E-state index in [1.165, 1.54) is 0 Å². The fourth-order valence-electron chi connectivity index (χ4n) is 1.60. The molecule has 0 aliphatic heterocycles. The van der Waals surface area contributed by atoms with Crippen molar-refractivity contribution >= 4 is 21.7 Å². The number of ketones is 1. The monoisotopic (exact) mass is 320 g/mol. The van der Waals surface area contributed by atoms with Gasteiger partial charge in [0, 0.05) is 10.0 Å². The summed E-state index contributed by atoms with van der Waals surface area (Å²) in [5.74, 6) is 1.11. The maximum Gasteiger partial charge on any atom is 0.200 e. The molecular formula is C15H13BrO3. The highest BCUT2D eigenvalue weighted by molar-refractivity contribution is 9.10. The highest BCUT2D eigenvalue weighted by Crippen LogP contribution is 2.25. The van der Waals surface area contributed by atoms with Crippen molar-refractivity contribution in [3.05, 3.63) is 58.6 Å². The molecule has 0 radical (unpaired) electrons. The minimum atomic E-state index is -0.0709. The van der Waals surface area contributed by atoms with E-state index < -0.39 is 0 Å². The first-order valence-electron chi connectivity index (χ1n) is 5.75. The van der Waals surface area contributed by atoms with Crippen LogP contribution in [0.1, 0.15) is 10.4 Å². The van der Waals surface area contributed by atoms with E-state index in [-0.39, 0.29) is 12.4 Å². The third kappa shape index (κ3) is 3.58. The van der Waals surface area contributed by atoms with E-state index in [0.717, 1.165) is 4.47 Å². The lowest BCUT2D eigenvalue weighted by Crippen LogP contribution is -2.11. The largest absolute Gasteiger partial charge is 0.493 e. The Morgan fingerprint density at radius 1 is 1.05 bits per heavy atom. The molecule has 0 aromatic heterocycles. The highest BCUT2D eigenvalue weighted by atomic mass is 79.9. The zero-order valence-electron chi connectivity index (χ0n) is 10.4. The summed E-state index contributed by atoms with van der Waals surface area (Å²) in [6.45, 7) is -0.0119. The number of Topliss-reactive ketones (excluding diaryl/α,β-unsaturated/α-hetero) is 1. The van der Waals surface area contributed by atoms with Crippen LogP contribution in [-0.4, -0.2) is 19.5 Å². The number of benzene rings is 2. The molecule has 4 heteroatoms. The summed E-state index contributed by atoms with van der Waals surface area (Å²) in [6, 6.07) is 14.4. The van der Waals surface area contributed by atoms with E-state index in [0.29, 0.717) is 17.1 Å².